The van der Waals surface area contributed by atoms with E-state index in [1.54, 1.807) is 24.3 Å². The molecular formula is C25H21ClN2O2. The smallest absolute Gasteiger partial charge is 0.282 e. The summed E-state index contributed by atoms with van der Waals surface area (Å²) in [6.07, 6.45) is 0. The first-order valence-corrected chi connectivity index (χ1v) is 10.0. The molecule has 0 unspecified atom stereocenters. The van der Waals surface area contributed by atoms with Crippen LogP contribution in [0.5, 0.6) is 0 Å². The number of carbonyl (C=O) groups excluding carboxylic acids is 2. The maximum Gasteiger partial charge on any atom is 0.282 e. The van der Waals surface area contributed by atoms with Gasteiger partial charge in [0, 0.05) is 10.7 Å². The Kier molecular flexibility index (Phi) is 5.18. The van der Waals surface area contributed by atoms with Crippen LogP contribution in [0.3, 0.4) is 0 Å². The van der Waals surface area contributed by atoms with Crippen LogP contribution in [-0.4, -0.2) is 11.8 Å². The van der Waals surface area contributed by atoms with Gasteiger partial charge < -0.3 is 5.32 Å². The minimum atomic E-state index is -0.376. The molecule has 30 heavy (non-hydrogen) atoms. The number of hydrogen-bond donors (Lipinski definition) is 1. The van der Waals surface area contributed by atoms with Crippen LogP contribution in [0, 0.1) is 20.8 Å². The van der Waals surface area contributed by atoms with E-state index in [1.165, 1.54) is 4.90 Å². The van der Waals surface area contributed by atoms with Crippen LogP contribution in [0.1, 0.15) is 22.3 Å². The highest BCUT2D eigenvalue weighted by Crippen LogP contribution is 2.35. The zero-order valence-corrected chi connectivity index (χ0v) is 17.7. The summed E-state index contributed by atoms with van der Waals surface area (Å²) in [5.41, 5.74) is 5.51. The van der Waals surface area contributed by atoms with Gasteiger partial charge in [-0.3, -0.25) is 9.59 Å². The molecule has 0 aliphatic carbocycles. The van der Waals surface area contributed by atoms with Gasteiger partial charge >= 0.3 is 0 Å². The van der Waals surface area contributed by atoms with Gasteiger partial charge in [-0.1, -0.05) is 53.6 Å². The lowest BCUT2D eigenvalue weighted by Crippen LogP contribution is -2.33. The largest absolute Gasteiger partial charge is 0.350 e. The molecule has 1 heterocycles. The van der Waals surface area contributed by atoms with Crippen molar-refractivity contribution in [2.24, 2.45) is 0 Å². The number of nitrogens with one attached hydrogen (secondary N) is 1. The lowest BCUT2D eigenvalue weighted by Gasteiger charge is -2.18. The van der Waals surface area contributed by atoms with Crippen LogP contribution < -0.4 is 10.2 Å². The van der Waals surface area contributed by atoms with Crippen LogP contribution in [0.2, 0.25) is 5.02 Å². The summed E-state index contributed by atoms with van der Waals surface area (Å²) in [5.74, 6) is -0.732. The number of hydrogen-bond acceptors (Lipinski definition) is 3. The van der Waals surface area contributed by atoms with E-state index in [2.05, 4.69) is 5.32 Å². The molecule has 0 radical (unpaired) electrons. The molecule has 0 fully saturated rings. The Balaban J connectivity index is 1.84. The second-order valence-electron chi connectivity index (χ2n) is 7.48. The van der Waals surface area contributed by atoms with Crippen molar-refractivity contribution in [3.8, 4) is 0 Å². The Morgan fingerprint density at radius 1 is 0.767 bits per heavy atom. The molecule has 1 aliphatic rings. The summed E-state index contributed by atoms with van der Waals surface area (Å²) < 4.78 is 0. The highest BCUT2D eigenvalue weighted by atomic mass is 35.5. The monoisotopic (exact) mass is 416 g/mol. The van der Waals surface area contributed by atoms with Crippen molar-refractivity contribution in [3.63, 3.8) is 0 Å². The zero-order valence-electron chi connectivity index (χ0n) is 17.0. The van der Waals surface area contributed by atoms with E-state index in [1.807, 2.05) is 63.2 Å². The van der Waals surface area contributed by atoms with Gasteiger partial charge in [0.05, 0.1) is 11.3 Å². The molecule has 4 rings (SSSR count). The van der Waals surface area contributed by atoms with Gasteiger partial charge in [0.2, 0.25) is 0 Å². The molecular weight excluding hydrogens is 396 g/mol. The molecule has 1 aliphatic heterocycles. The first kappa shape index (κ1) is 19.9. The minimum Gasteiger partial charge on any atom is -0.350 e. The van der Waals surface area contributed by atoms with Gasteiger partial charge in [-0.15, -0.1) is 0 Å². The highest BCUT2D eigenvalue weighted by Gasteiger charge is 2.40. The van der Waals surface area contributed by atoms with Crippen LogP contribution in [0.25, 0.3) is 5.57 Å². The summed E-state index contributed by atoms with van der Waals surface area (Å²) >= 11 is 6.03. The van der Waals surface area contributed by atoms with Crippen LogP contribution in [0.15, 0.2) is 72.4 Å². The average molecular weight is 417 g/mol. The molecule has 3 aromatic carbocycles. The lowest BCUT2D eigenvalue weighted by atomic mass is 10.0. The first-order chi connectivity index (χ1) is 14.3. The van der Waals surface area contributed by atoms with E-state index in [0.29, 0.717) is 21.8 Å². The number of halogens is 1. The number of amides is 2. The number of aryl methyl sites for hydroxylation is 3. The molecule has 0 atom stereocenters. The molecule has 2 amide bonds. The third-order valence-corrected chi connectivity index (χ3v) is 5.40. The molecule has 150 valence electrons. The lowest BCUT2D eigenvalue weighted by molar-refractivity contribution is -0.120. The quantitative estimate of drug-likeness (QED) is 0.558. The summed E-state index contributed by atoms with van der Waals surface area (Å²) in [7, 11) is 0. The minimum absolute atomic E-state index is 0.257. The summed E-state index contributed by atoms with van der Waals surface area (Å²) in [6, 6.07) is 20.4. The summed E-state index contributed by atoms with van der Waals surface area (Å²) in [6.45, 7) is 5.82. The Morgan fingerprint density at radius 2 is 1.40 bits per heavy atom. The van der Waals surface area contributed by atoms with Crippen LogP contribution in [0.4, 0.5) is 11.4 Å². The number of imide groups is 1. The number of rotatable bonds is 4. The SMILES string of the molecule is Cc1ccc(NC2=C(c3ccc(Cl)cc3)C(=O)N(c3cc(C)ccc3C)C2=O)cc1. The van der Waals surface area contributed by atoms with Gasteiger partial charge in [-0.05, 0) is 67.8 Å². The van der Waals surface area contributed by atoms with Crippen LogP contribution in [-0.2, 0) is 9.59 Å². The van der Waals surface area contributed by atoms with Gasteiger partial charge in [0.25, 0.3) is 11.8 Å². The maximum atomic E-state index is 13.5. The highest BCUT2D eigenvalue weighted by molar-refractivity contribution is 6.46. The normalized spacial score (nSPS) is 13.9. The molecule has 0 saturated heterocycles. The van der Waals surface area contributed by atoms with Crippen LogP contribution >= 0.6 is 11.6 Å². The van der Waals surface area contributed by atoms with Crippen molar-refractivity contribution in [3.05, 3.63) is 99.7 Å². The summed E-state index contributed by atoms with van der Waals surface area (Å²) in [5, 5.41) is 3.75. The Morgan fingerprint density at radius 3 is 2.07 bits per heavy atom. The topological polar surface area (TPSA) is 49.4 Å². The van der Waals surface area contributed by atoms with Crippen molar-refractivity contribution < 1.29 is 9.59 Å². The molecule has 1 N–H and O–H groups in total. The molecule has 0 aromatic heterocycles. The maximum absolute atomic E-state index is 13.5. The average Bonchev–Trinajstić information content (AvgIpc) is 2.96. The van der Waals surface area contributed by atoms with E-state index in [4.69, 9.17) is 11.6 Å². The van der Waals surface area contributed by atoms with E-state index in [-0.39, 0.29) is 17.5 Å². The van der Waals surface area contributed by atoms with Crippen molar-refractivity contribution in [2.45, 2.75) is 20.8 Å². The zero-order chi connectivity index (χ0) is 21.4. The first-order valence-electron chi connectivity index (χ1n) is 9.65. The van der Waals surface area contributed by atoms with Gasteiger partial charge in [-0.2, -0.15) is 0 Å². The number of benzene rings is 3. The fraction of sp³-hybridized carbons (Fsp3) is 0.120. The Hall–Kier alpha value is -3.37. The number of anilines is 2. The number of nitrogens with zero attached hydrogens (tertiary/aromatic N) is 1. The fourth-order valence-corrected chi connectivity index (χ4v) is 3.62. The Bertz CT molecular complexity index is 1180. The van der Waals surface area contributed by atoms with E-state index in [9.17, 15) is 9.59 Å². The third kappa shape index (κ3) is 3.62. The van der Waals surface area contributed by atoms with Gasteiger partial charge in [0.1, 0.15) is 5.70 Å². The Labute approximate surface area is 180 Å². The van der Waals surface area contributed by atoms with E-state index >= 15 is 0 Å². The van der Waals surface area contributed by atoms with Gasteiger partial charge in [0.15, 0.2) is 0 Å². The predicted molar refractivity (Wildman–Crippen MR) is 122 cm³/mol. The number of carbonyl (C=O) groups is 2. The van der Waals surface area contributed by atoms with Crippen molar-refractivity contribution in [1.82, 2.24) is 0 Å². The molecule has 5 heteroatoms. The second kappa shape index (κ2) is 7.81. The van der Waals surface area contributed by atoms with Gasteiger partial charge in [-0.25, -0.2) is 4.90 Å². The molecule has 0 spiro atoms. The van der Waals surface area contributed by atoms with Crippen molar-refractivity contribution in [2.75, 3.05) is 10.2 Å². The molecule has 0 bridgehead atoms. The van der Waals surface area contributed by atoms with E-state index in [0.717, 1.165) is 22.4 Å². The summed E-state index contributed by atoms with van der Waals surface area (Å²) in [4.78, 5) is 28.2. The molecule has 3 aromatic rings. The third-order valence-electron chi connectivity index (χ3n) is 5.14. The fourth-order valence-electron chi connectivity index (χ4n) is 3.49. The predicted octanol–water partition coefficient (Wildman–Crippen LogP) is 5.66. The second-order valence-corrected chi connectivity index (χ2v) is 7.92. The molecule has 4 nitrogen and oxygen atoms in total. The molecule has 0 saturated carbocycles. The standard InChI is InChI=1S/C25H21ClN2O2/c1-15-5-12-20(13-6-15)27-23-22(18-8-10-19(26)11-9-18)24(29)28(25(23)30)21-14-16(2)4-7-17(21)3/h4-14,27H,1-3H3. The van der Waals surface area contributed by atoms with E-state index < -0.39 is 0 Å². The van der Waals surface area contributed by atoms with Crippen molar-refractivity contribution >= 4 is 40.4 Å². The van der Waals surface area contributed by atoms with Crippen molar-refractivity contribution in [1.29, 1.82) is 0 Å².